The standard InChI is InChI=1S/C17H28N2/c1-12-9-14-15(18)10-17(2,3)11-16(14)19(12)8-7-13-5-4-6-13/h9,13,15H,4-8,10-11,18H2,1-3H3. The second-order valence-electron chi connectivity index (χ2n) is 7.58. The van der Waals surface area contributed by atoms with Crippen LogP contribution < -0.4 is 5.73 Å². The van der Waals surface area contributed by atoms with Crippen molar-refractivity contribution in [3.05, 3.63) is 23.0 Å². The molecule has 0 radical (unpaired) electrons. The molecule has 1 atom stereocenters. The molecule has 2 N–H and O–H groups in total. The first-order valence-corrected chi connectivity index (χ1v) is 7.91. The van der Waals surface area contributed by atoms with Gasteiger partial charge in [0.25, 0.3) is 0 Å². The summed E-state index contributed by atoms with van der Waals surface area (Å²) in [6.07, 6.45) is 8.02. The van der Waals surface area contributed by atoms with Crippen molar-refractivity contribution in [2.24, 2.45) is 17.1 Å². The second kappa shape index (κ2) is 4.66. The van der Waals surface area contributed by atoms with Gasteiger partial charge in [0.05, 0.1) is 0 Å². The lowest BCUT2D eigenvalue weighted by molar-refractivity contribution is 0.262. The normalized spacial score (nSPS) is 26.0. The Morgan fingerprint density at radius 2 is 2.11 bits per heavy atom. The highest BCUT2D eigenvalue weighted by Crippen LogP contribution is 2.41. The van der Waals surface area contributed by atoms with Crippen LogP contribution in [0.5, 0.6) is 0 Å². The van der Waals surface area contributed by atoms with Crippen LogP contribution in [0.25, 0.3) is 0 Å². The maximum absolute atomic E-state index is 6.38. The van der Waals surface area contributed by atoms with Gasteiger partial charge in [-0.3, -0.25) is 0 Å². The highest BCUT2D eigenvalue weighted by Gasteiger charge is 2.33. The van der Waals surface area contributed by atoms with Crippen molar-refractivity contribution in [1.82, 2.24) is 4.57 Å². The van der Waals surface area contributed by atoms with Crippen LogP contribution in [0.3, 0.4) is 0 Å². The molecule has 0 aromatic carbocycles. The minimum absolute atomic E-state index is 0.238. The summed E-state index contributed by atoms with van der Waals surface area (Å²) in [6, 6.07) is 2.58. The largest absolute Gasteiger partial charge is 0.349 e. The summed E-state index contributed by atoms with van der Waals surface area (Å²) in [4.78, 5) is 0. The first-order valence-electron chi connectivity index (χ1n) is 7.91. The van der Waals surface area contributed by atoms with E-state index in [4.69, 9.17) is 5.73 Å². The summed E-state index contributed by atoms with van der Waals surface area (Å²) >= 11 is 0. The fraction of sp³-hybridized carbons (Fsp3) is 0.765. The van der Waals surface area contributed by atoms with Crippen LogP contribution in [0.4, 0.5) is 0 Å². The van der Waals surface area contributed by atoms with E-state index in [9.17, 15) is 0 Å². The average Bonchev–Trinajstić information content (AvgIpc) is 2.53. The zero-order valence-corrected chi connectivity index (χ0v) is 12.7. The molecule has 1 heterocycles. The predicted molar refractivity (Wildman–Crippen MR) is 80.2 cm³/mol. The summed E-state index contributed by atoms with van der Waals surface area (Å²) in [5.74, 6) is 0.989. The highest BCUT2D eigenvalue weighted by molar-refractivity contribution is 5.34. The molecule has 1 unspecified atom stereocenters. The number of nitrogens with two attached hydrogens (primary N) is 1. The third kappa shape index (κ3) is 2.47. The molecule has 1 aromatic heterocycles. The minimum atomic E-state index is 0.238. The average molecular weight is 260 g/mol. The molecular formula is C17H28N2. The van der Waals surface area contributed by atoms with Crippen molar-refractivity contribution in [3.63, 3.8) is 0 Å². The van der Waals surface area contributed by atoms with Gasteiger partial charge in [0.1, 0.15) is 0 Å². The number of aryl methyl sites for hydroxylation is 1. The minimum Gasteiger partial charge on any atom is -0.349 e. The molecule has 2 aliphatic rings. The van der Waals surface area contributed by atoms with Crippen LogP contribution in [0.15, 0.2) is 6.07 Å². The van der Waals surface area contributed by atoms with Gasteiger partial charge in [-0.15, -0.1) is 0 Å². The number of rotatable bonds is 3. The van der Waals surface area contributed by atoms with E-state index >= 15 is 0 Å². The van der Waals surface area contributed by atoms with Crippen molar-refractivity contribution < 1.29 is 0 Å². The lowest BCUT2D eigenvalue weighted by Crippen LogP contribution is -2.30. The lowest BCUT2D eigenvalue weighted by Gasteiger charge is -2.35. The Balaban J connectivity index is 1.83. The van der Waals surface area contributed by atoms with Gasteiger partial charge in [-0.25, -0.2) is 0 Å². The number of nitrogens with zero attached hydrogens (tertiary/aromatic N) is 1. The molecule has 0 aliphatic heterocycles. The molecule has 1 saturated carbocycles. The first kappa shape index (κ1) is 13.2. The van der Waals surface area contributed by atoms with E-state index in [2.05, 4.69) is 31.4 Å². The van der Waals surface area contributed by atoms with Crippen molar-refractivity contribution in [1.29, 1.82) is 0 Å². The summed E-state index contributed by atoms with van der Waals surface area (Å²) in [5.41, 5.74) is 11.1. The molecule has 19 heavy (non-hydrogen) atoms. The predicted octanol–water partition coefficient (Wildman–Crippen LogP) is 3.96. The molecule has 0 amide bonds. The Hall–Kier alpha value is -0.760. The Morgan fingerprint density at radius 3 is 2.74 bits per heavy atom. The fourth-order valence-electron chi connectivity index (χ4n) is 3.91. The molecule has 0 bridgehead atoms. The molecule has 3 rings (SSSR count). The lowest BCUT2D eigenvalue weighted by atomic mass is 9.74. The number of hydrogen-bond acceptors (Lipinski definition) is 1. The molecular weight excluding hydrogens is 232 g/mol. The summed E-state index contributed by atoms with van der Waals surface area (Å²) in [5, 5.41) is 0. The monoisotopic (exact) mass is 260 g/mol. The van der Waals surface area contributed by atoms with Gasteiger partial charge in [0.2, 0.25) is 0 Å². The van der Waals surface area contributed by atoms with Crippen LogP contribution in [-0.4, -0.2) is 4.57 Å². The van der Waals surface area contributed by atoms with Gasteiger partial charge >= 0.3 is 0 Å². The van der Waals surface area contributed by atoms with Crippen LogP contribution >= 0.6 is 0 Å². The van der Waals surface area contributed by atoms with E-state index in [1.54, 1.807) is 0 Å². The van der Waals surface area contributed by atoms with Crippen molar-refractivity contribution in [2.45, 2.75) is 71.9 Å². The molecule has 0 saturated heterocycles. The van der Waals surface area contributed by atoms with Gasteiger partial charge < -0.3 is 10.3 Å². The highest BCUT2D eigenvalue weighted by atomic mass is 15.0. The van der Waals surface area contributed by atoms with Crippen molar-refractivity contribution in [3.8, 4) is 0 Å². The number of hydrogen-bond donors (Lipinski definition) is 1. The number of aromatic nitrogens is 1. The zero-order valence-electron chi connectivity index (χ0n) is 12.7. The van der Waals surface area contributed by atoms with E-state index in [-0.39, 0.29) is 6.04 Å². The number of fused-ring (bicyclic) bond motifs is 1. The van der Waals surface area contributed by atoms with Gasteiger partial charge in [-0.05, 0) is 49.1 Å². The van der Waals surface area contributed by atoms with Crippen LogP contribution in [0.1, 0.15) is 68.9 Å². The maximum Gasteiger partial charge on any atom is 0.0318 e. The van der Waals surface area contributed by atoms with Gasteiger partial charge in [-0.1, -0.05) is 33.1 Å². The first-order chi connectivity index (χ1) is 8.96. The van der Waals surface area contributed by atoms with E-state index in [1.165, 1.54) is 55.6 Å². The van der Waals surface area contributed by atoms with E-state index in [0.717, 1.165) is 12.3 Å². The fourth-order valence-corrected chi connectivity index (χ4v) is 3.91. The molecule has 1 aromatic rings. The summed E-state index contributed by atoms with van der Waals surface area (Å²) < 4.78 is 2.56. The topological polar surface area (TPSA) is 30.9 Å². The van der Waals surface area contributed by atoms with E-state index < -0.39 is 0 Å². The molecule has 106 valence electrons. The molecule has 2 heteroatoms. The SMILES string of the molecule is Cc1cc2c(n1CCC1CCC1)CC(C)(C)CC2N. The summed E-state index contributed by atoms with van der Waals surface area (Å²) in [7, 11) is 0. The second-order valence-corrected chi connectivity index (χ2v) is 7.58. The van der Waals surface area contributed by atoms with Crippen LogP contribution in [0.2, 0.25) is 0 Å². The van der Waals surface area contributed by atoms with Gasteiger partial charge in [0.15, 0.2) is 0 Å². The van der Waals surface area contributed by atoms with E-state index in [1.807, 2.05) is 0 Å². The van der Waals surface area contributed by atoms with Crippen LogP contribution in [-0.2, 0) is 13.0 Å². The quantitative estimate of drug-likeness (QED) is 0.876. The smallest absolute Gasteiger partial charge is 0.0318 e. The van der Waals surface area contributed by atoms with E-state index in [0.29, 0.717) is 5.41 Å². The zero-order chi connectivity index (χ0) is 13.6. The summed E-state index contributed by atoms with van der Waals surface area (Å²) in [6.45, 7) is 8.16. The molecule has 2 nitrogen and oxygen atoms in total. The van der Waals surface area contributed by atoms with Crippen LogP contribution in [0, 0.1) is 18.3 Å². The third-order valence-electron chi connectivity index (χ3n) is 5.25. The van der Waals surface area contributed by atoms with Gasteiger partial charge in [-0.2, -0.15) is 0 Å². The van der Waals surface area contributed by atoms with Gasteiger partial charge in [0, 0.05) is 24.0 Å². The Morgan fingerprint density at radius 1 is 1.37 bits per heavy atom. The molecule has 2 aliphatic carbocycles. The molecule has 1 fully saturated rings. The Bertz CT molecular complexity index is 466. The molecule has 0 spiro atoms. The Kier molecular flexibility index (Phi) is 3.24. The van der Waals surface area contributed by atoms with Crippen molar-refractivity contribution >= 4 is 0 Å². The maximum atomic E-state index is 6.38. The van der Waals surface area contributed by atoms with Crippen molar-refractivity contribution in [2.75, 3.05) is 0 Å². The third-order valence-corrected chi connectivity index (χ3v) is 5.25. The Labute approximate surface area is 117 Å².